The van der Waals surface area contributed by atoms with Crippen LogP contribution in [0.25, 0.3) is 0 Å². The van der Waals surface area contributed by atoms with Crippen LogP contribution in [-0.2, 0) is 25.0 Å². The van der Waals surface area contributed by atoms with E-state index in [1.807, 2.05) is 0 Å². The standard InChI is InChI=1S/C13H12O4S/c14-10-5-7-17-13(9-10)6-8-18(15,16)12-4-2-1-3-11(12)13/h1-5,7H,6,8-9H2. The topological polar surface area (TPSA) is 60.4 Å². The molecule has 1 aromatic carbocycles. The molecule has 2 heterocycles. The normalized spacial score (nSPS) is 28.8. The van der Waals surface area contributed by atoms with Crippen LogP contribution >= 0.6 is 0 Å². The van der Waals surface area contributed by atoms with Gasteiger partial charge in [-0.25, -0.2) is 8.42 Å². The fourth-order valence-corrected chi connectivity index (χ4v) is 4.28. The van der Waals surface area contributed by atoms with E-state index in [-0.39, 0.29) is 18.0 Å². The van der Waals surface area contributed by atoms with E-state index in [9.17, 15) is 13.2 Å². The van der Waals surface area contributed by atoms with Crippen LogP contribution in [0.1, 0.15) is 18.4 Å². The summed E-state index contributed by atoms with van der Waals surface area (Å²) in [6, 6.07) is 6.78. The molecule has 0 saturated heterocycles. The lowest BCUT2D eigenvalue weighted by Gasteiger charge is -2.38. The Bertz CT molecular complexity index is 645. The molecular formula is C13H12O4S. The number of ketones is 1. The maximum Gasteiger partial charge on any atom is 0.178 e. The Labute approximate surface area is 105 Å². The smallest absolute Gasteiger partial charge is 0.178 e. The molecule has 2 aliphatic rings. The van der Waals surface area contributed by atoms with Gasteiger partial charge >= 0.3 is 0 Å². The van der Waals surface area contributed by atoms with Crippen LogP contribution in [0.5, 0.6) is 0 Å². The zero-order chi connectivity index (χ0) is 12.8. The molecule has 18 heavy (non-hydrogen) atoms. The third-order valence-electron chi connectivity index (χ3n) is 3.49. The first-order valence-corrected chi connectivity index (χ1v) is 7.38. The van der Waals surface area contributed by atoms with E-state index in [1.165, 1.54) is 12.3 Å². The van der Waals surface area contributed by atoms with Crippen LogP contribution in [0.2, 0.25) is 0 Å². The first kappa shape index (κ1) is 11.5. The number of allylic oxidation sites excluding steroid dienone is 1. The predicted molar refractivity (Wildman–Crippen MR) is 64.6 cm³/mol. The van der Waals surface area contributed by atoms with E-state index < -0.39 is 15.4 Å². The van der Waals surface area contributed by atoms with Crippen molar-refractivity contribution in [3.05, 3.63) is 42.2 Å². The molecule has 5 heteroatoms. The van der Waals surface area contributed by atoms with Gasteiger partial charge < -0.3 is 4.74 Å². The minimum absolute atomic E-state index is 0.0190. The van der Waals surface area contributed by atoms with Crippen molar-refractivity contribution in [1.82, 2.24) is 0 Å². The van der Waals surface area contributed by atoms with Crippen LogP contribution < -0.4 is 0 Å². The van der Waals surface area contributed by atoms with Gasteiger partial charge in [-0.2, -0.15) is 0 Å². The fraction of sp³-hybridized carbons (Fsp3) is 0.308. The minimum atomic E-state index is -3.25. The van der Waals surface area contributed by atoms with Gasteiger partial charge in [0.15, 0.2) is 15.6 Å². The summed E-state index contributed by atoms with van der Waals surface area (Å²) in [7, 11) is -3.25. The van der Waals surface area contributed by atoms with Crippen LogP contribution in [0.4, 0.5) is 0 Å². The number of carbonyl (C=O) groups excluding carboxylic acids is 1. The minimum Gasteiger partial charge on any atom is -0.489 e. The molecule has 0 amide bonds. The largest absolute Gasteiger partial charge is 0.489 e. The average Bonchev–Trinajstić information content (AvgIpc) is 2.36. The molecule has 0 bridgehead atoms. The highest BCUT2D eigenvalue weighted by Gasteiger charge is 2.45. The first-order valence-electron chi connectivity index (χ1n) is 5.73. The van der Waals surface area contributed by atoms with E-state index in [4.69, 9.17) is 4.74 Å². The Morgan fingerprint density at radius 1 is 1.22 bits per heavy atom. The molecule has 94 valence electrons. The van der Waals surface area contributed by atoms with E-state index in [1.54, 1.807) is 24.3 Å². The first-order chi connectivity index (χ1) is 8.54. The lowest BCUT2D eigenvalue weighted by atomic mass is 9.84. The van der Waals surface area contributed by atoms with Gasteiger partial charge in [-0.05, 0) is 6.07 Å². The number of fused-ring (bicyclic) bond motifs is 2. The molecule has 0 fully saturated rings. The number of sulfone groups is 1. The molecule has 1 unspecified atom stereocenters. The van der Waals surface area contributed by atoms with E-state index in [2.05, 4.69) is 0 Å². The summed E-state index contributed by atoms with van der Waals surface area (Å²) in [6.07, 6.45) is 3.29. The molecule has 0 aromatic heterocycles. The van der Waals surface area contributed by atoms with Gasteiger partial charge in [0.1, 0.15) is 5.60 Å². The monoisotopic (exact) mass is 264 g/mol. The highest BCUT2D eigenvalue weighted by atomic mass is 32.2. The molecule has 0 radical (unpaired) electrons. The molecule has 4 nitrogen and oxygen atoms in total. The van der Waals surface area contributed by atoms with Crippen LogP contribution in [0, 0.1) is 0 Å². The van der Waals surface area contributed by atoms with E-state index in [0.717, 1.165) is 0 Å². The molecule has 2 aliphatic heterocycles. The number of carbonyl (C=O) groups is 1. The quantitative estimate of drug-likeness (QED) is 0.713. The fourth-order valence-electron chi connectivity index (χ4n) is 2.59. The molecule has 0 N–H and O–H groups in total. The van der Waals surface area contributed by atoms with Crippen LogP contribution in [-0.4, -0.2) is 20.0 Å². The van der Waals surface area contributed by atoms with Gasteiger partial charge in [0, 0.05) is 18.1 Å². The van der Waals surface area contributed by atoms with Crippen molar-refractivity contribution in [2.75, 3.05) is 5.75 Å². The summed E-state index contributed by atoms with van der Waals surface area (Å²) < 4.78 is 29.7. The van der Waals surface area contributed by atoms with Crippen molar-refractivity contribution in [3.63, 3.8) is 0 Å². The van der Waals surface area contributed by atoms with Crippen molar-refractivity contribution in [2.45, 2.75) is 23.3 Å². The van der Waals surface area contributed by atoms with Crippen LogP contribution in [0.15, 0.2) is 41.5 Å². The summed E-state index contributed by atoms with van der Waals surface area (Å²) in [5, 5.41) is 0. The molecule has 0 saturated carbocycles. The van der Waals surface area contributed by atoms with Gasteiger partial charge in [0.25, 0.3) is 0 Å². The van der Waals surface area contributed by atoms with Crippen molar-refractivity contribution in [1.29, 1.82) is 0 Å². The molecule has 1 aromatic rings. The third kappa shape index (κ3) is 1.58. The van der Waals surface area contributed by atoms with Crippen molar-refractivity contribution in [2.24, 2.45) is 0 Å². The summed E-state index contributed by atoms with van der Waals surface area (Å²) in [4.78, 5) is 11.9. The van der Waals surface area contributed by atoms with Gasteiger partial charge in [-0.3, -0.25) is 4.79 Å². The maximum atomic E-state index is 12.0. The number of rotatable bonds is 0. The predicted octanol–water partition coefficient (Wildman–Crippen LogP) is 1.56. The van der Waals surface area contributed by atoms with E-state index >= 15 is 0 Å². The third-order valence-corrected chi connectivity index (χ3v) is 5.26. The number of ether oxygens (including phenoxy) is 1. The van der Waals surface area contributed by atoms with Gasteiger partial charge in [0.2, 0.25) is 0 Å². The Kier molecular flexibility index (Phi) is 2.35. The summed E-state index contributed by atoms with van der Waals surface area (Å²) >= 11 is 0. The molecule has 1 spiro atoms. The second-order valence-corrected chi connectivity index (χ2v) is 6.70. The molecular weight excluding hydrogens is 252 g/mol. The Morgan fingerprint density at radius 3 is 2.78 bits per heavy atom. The number of benzene rings is 1. The molecule has 3 rings (SSSR count). The Balaban J connectivity index is 2.22. The highest BCUT2D eigenvalue weighted by Crippen LogP contribution is 2.43. The summed E-state index contributed by atoms with van der Waals surface area (Å²) in [6.45, 7) is 0. The molecule has 0 aliphatic carbocycles. The lowest BCUT2D eigenvalue weighted by Crippen LogP contribution is -2.40. The number of hydrogen-bond donors (Lipinski definition) is 0. The van der Waals surface area contributed by atoms with Crippen molar-refractivity contribution in [3.8, 4) is 0 Å². The molecule has 1 atom stereocenters. The second-order valence-electron chi connectivity index (χ2n) is 4.62. The average molecular weight is 264 g/mol. The zero-order valence-electron chi connectivity index (χ0n) is 9.63. The SMILES string of the molecule is O=C1C=COC2(CCS(=O)(=O)c3ccccc32)C1. The summed E-state index contributed by atoms with van der Waals surface area (Å²) in [5.41, 5.74) is -0.192. The van der Waals surface area contributed by atoms with Gasteiger partial charge in [-0.15, -0.1) is 0 Å². The van der Waals surface area contributed by atoms with Crippen molar-refractivity contribution >= 4 is 15.6 Å². The number of hydrogen-bond acceptors (Lipinski definition) is 4. The zero-order valence-corrected chi connectivity index (χ0v) is 10.4. The lowest BCUT2D eigenvalue weighted by molar-refractivity contribution is -0.123. The Hall–Kier alpha value is -1.62. The maximum absolute atomic E-state index is 12.0. The second kappa shape index (κ2) is 3.68. The Morgan fingerprint density at radius 2 is 2.00 bits per heavy atom. The van der Waals surface area contributed by atoms with E-state index in [0.29, 0.717) is 16.9 Å². The van der Waals surface area contributed by atoms with Gasteiger partial charge in [-0.1, -0.05) is 18.2 Å². The highest BCUT2D eigenvalue weighted by molar-refractivity contribution is 7.91. The van der Waals surface area contributed by atoms with Crippen LogP contribution in [0.3, 0.4) is 0 Å². The summed E-state index contributed by atoms with van der Waals surface area (Å²) in [5.74, 6) is -0.0131. The van der Waals surface area contributed by atoms with Crippen molar-refractivity contribution < 1.29 is 17.9 Å². The van der Waals surface area contributed by atoms with Gasteiger partial charge in [0.05, 0.1) is 23.3 Å².